The number of aromatic nitrogens is 2. The van der Waals surface area contributed by atoms with Crippen LogP contribution in [0.4, 0.5) is 4.79 Å². The van der Waals surface area contributed by atoms with E-state index in [4.69, 9.17) is 4.74 Å². The SMILES string of the molecule is CCOCC1CCN(C(=O)NCc2ccccc2-n2ccnc2)C1. The first-order chi connectivity index (χ1) is 11.8. The quantitative estimate of drug-likeness (QED) is 0.886. The van der Waals surface area contributed by atoms with E-state index in [1.54, 1.807) is 12.5 Å². The van der Waals surface area contributed by atoms with Crippen molar-refractivity contribution in [2.45, 2.75) is 19.9 Å². The topological polar surface area (TPSA) is 59.4 Å². The molecule has 2 heterocycles. The molecule has 1 atom stereocenters. The number of hydrogen-bond donors (Lipinski definition) is 1. The summed E-state index contributed by atoms with van der Waals surface area (Å²) < 4.78 is 7.42. The Balaban J connectivity index is 1.56. The van der Waals surface area contributed by atoms with E-state index < -0.39 is 0 Å². The number of carbonyl (C=O) groups is 1. The van der Waals surface area contributed by atoms with Crippen LogP contribution in [0, 0.1) is 5.92 Å². The van der Waals surface area contributed by atoms with Crippen LogP contribution in [0.25, 0.3) is 5.69 Å². The van der Waals surface area contributed by atoms with Crippen molar-refractivity contribution in [3.8, 4) is 5.69 Å². The predicted molar refractivity (Wildman–Crippen MR) is 92.0 cm³/mol. The smallest absolute Gasteiger partial charge is 0.317 e. The molecule has 1 fully saturated rings. The molecule has 6 nitrogen and oxygen atoms in total. The van der Waals surface area contributed by atoms with Crippen LogP contribution in [0.15, 0.2) is 43.0 Å². The minimum Gasteiger partial charge on any atom is -0.381 e. The van der Waals surface area contributed by atoms with E-state index in [2.05, 4.69) is 10.3 Å². The minimum atomic E-state index is -0.00515. The Morgan fingerprint density at radius 1 is 1.42 bits per heavy atom. The lowest BCUT2D eigenvalue weighted by atomic mass is 10.1. The summed E-state index contributed by atoms with van der Waals surface area (Å²) in [6, 6.07) is 8.01. The lowest BCUT2D eigenvalue weighted by Crippen LogP contribution is -2.38. The molecular formula is C18H24N4O2. The molecule has 2 amide bonds. The van der Waals surface area contributed by atoms with Gasteiger partial charge in [0.2, 0.25) is 0 Å². The molecule has 24 heavy (non-hydrogen) atoms. The average Bonchev–Trinajstić information content (AvgIpc) is 3.30. The molecule has 1 aliphatic heterocycles. The third-order valence-electron chi connectivity index (χ3n) is 4.33. The van der Waals surface area contributed by atoms with Gasteiger partial charge in [0.1, 0.15) is 0 Å². The van der Waals surface area contributed by atoms with Gasteiger partial charge in [-0.25, -0.2) is 9.78 Å². The third-order valence-corrected chi connectivity index (χ3v) is 4.33. The van der Waals surface area contributed by atoms with Gasteiger partial charge >= 0.3 is 6.03 Å². The van der Waals surface area contributed by atoms with Crippen molar-refractivity contribution in [2.75, 3.05) is 26.3 Å². The monoisotopic (exact) mass is 328 g/mol. The van der Waals surface area contributed by atoms with Gasteiger partial charge in [-0.1, -0.05) is 18.2 Å². The first kappa shape index (κ1) is 16.5. The third kappa shape index (κ3) is 3.94. The fraction of sp³-hybridized carbons (Fsp3) is 0.444. The lowest BCUT2D eigenvalue weighted by Gasteiger charge is -2.18. The van der Waals surface area contributed by atoms with Crippen LogP contribution in [-0.4, -0.2) is 46.8 Å². The Morgan fingerprint density at radius 2 is 2.29 bits per heavy atom. The Morgan fingerprint density at radius 3 is 3.08 bits per heavy atom. The number of likely N-dealkylation sites (tertiary alicyclic amines) is 1. The van der Waals surface area contributed by atoms with Gasteiger partial charge < -0.3 is 19.5 Å². The summed E-state index contributed by atoms with van der Waals surface area (Å²) in [4.78, 5) is 18.4. The molecule has 1 N–H and O–H groups in total. The molecular weight excluding hydrogens is 304 g/mol. The Labute approximate surface area is 142 Å². The highest BCUT2D eigenvalue weighted by molar-refractivity contribution is 5.74. The molecule has 1 saturated heterocycles. The van der Waals surface area contributed by atoms with Gasteiger partial charge in [-0.3, -0.25) is 0 Å². The van der Waals surface area contributed by atoms with Crippen LogP contribution in [-0.2, 0) is 11.3 Å². The molecule has 1 aromatic heterocycles. The van der Waals surface area contributed by atoms with E-state index in [0.29, 0.717) is 12.5 Å². The number of hydrogen-bond acceptors (Lipinski definition) is 3. The zero-order valence-electron chi connectivity index (χ0n) is 14.0. The van der Waals surface area contributed by atoms with Crippen molar-refractivity contribution in [3.05, 3.63) is 48.5 Å². The number of nitrogens with one attached hydrogen (secondary N) is 1. The Hall–Kier alpha value is -2.34. The van der Waals surface area contributed by atoms with Crippen LogP contribution < -0.4 is 5.32 Å². The number of benzene rings is 1. The molecule has 2 aromatic rings. The Bertz CT molecular complexity index is 657. The van der Waals surface area contributed by atoms with Gasteiger partial charge in [0, 0.05) is 44.6 Å². The van der Waals surface area contributed by atoms with E-state index >= 15 is 0 Å². The zero-order valence-corrected chi connectivity index (χ0v) is 14.0. The minimum absolute atomic E-state index is 0.00515. The molecule has 1 aromatic carbocycles. The van der Waals surface area contributed by atoms with Crippen molar-refractivity contribution in [1.29, 1.82) is 0 Å². The molecule has 0 saturated carbocycles. The largest absolute Gasteiger partial charge is 0.381 e. The number of urea groups is 1. The number of rotatable bonds is 6. The van der Waals surface area contributed by atoms with E-state index in [0.717, 1.165) is 44.0 Å². The fourth-order valence-corrected chi connectivity index (χ4v) is 3.03. The number of ether oxygens (including phenoxy) is 1. The van der Waals surface area contributed by atoms with E-state index in [-0.39, 0.29) is 6.03 Å². The maximum absolute atomic E-state index is 12.4. The van der Waals surface area contributed by atoms with Gasteiger partial charge in [-0.15, -0.1) is 0 Å². The van der Waals surface area contributed by atoms with Crippen LogP contribution in [0.2, 0.25) is 0 Å². The summed E-state index contributed by atoms with van der Waals surface area (Å²) in [6.07, 6.45) is 6.43. The number of amides is 2. The number of para-hydroxylation sites is 1. The van der Waals surface area contributed by atoms with E-state index in [1.165, 1.54) is 0 Å². The molecule has 0 radical (unpaired) electrons. The second-order valence-corrected chi connectivity index (χ2v) is 6.02. The van der Waals surface area contributed by atoms with Crippen LogP contribution in [0.5, 0.6) is 0 Å². The molecule has 128 valence electrons. The predicted octanol–water partition coefficient (Wildman–Crippen LogP) is 2.44. The Kier molecular flexibility index (Phi) is 5.48. The normalized spacial score (nSPS) is 17.2. The fourth-order valence-electron chi connectivity index (χ4n) is 3.03. The molecule has 3 rings (SSSR count). The highest BCUT2D eigenvalue weighted by Gasteiger charge is 2.26. The molecule has 1 unspecified atom stereocenters. The van der Waals surface area contributed by atoms with Gasteiger partial charge in [-0.05, 0) is 25.0 Å². The lowest BCUT2D eigenvalue weighted by molar-refractivity contribution is 0.113. The summed E-state index contributed by atoms with van der Waals surface area (Å²) in [5, 5.41) is 3.03. The van der Waals surface area contributed by atoms with Crippen molar-refractivity contribution in [3.63, 3.8) is 0 Å². The summed E-state index contributed by atoms with van der Waals surface area (Å²) in [7, 11) is 0. The van der Waals surface area contributed by atoms with Crippen LogP contribution in [0.1, 0.15) is 18.9 Å². The van der Waals surface area contributed by atoms with Gasteiger partial charge in [0.25, 0.3) is 0 Å². The zero-order chi connectivity index (χ0) is 16.8. The standard InChI is InChI=1S/C18H24N4O2/c1-2-24-13-15-7-9-21(12-15)18(23)20-11-16-5-3-4-6-17(16)22-10-8-19-14-22/h3-6,8,10,14-15H,2,7,9,11-13H2,1H3,(H,20,23). The molecule has 0 spiro atoms. The summed E-state index contributed by atoms with van der Waals surface area (Å²) in [6.45, 7) is 5.54. The maximum atomic E-state index is 12.4. The van der Waals surface area contributed by atoms with Crippen molar-refractivity contribution < 1.29 is 9.53 Å². The first-order valence-corrected chi connectivity index (χ1v) is 8.44. The first-order valence-electron chi connectivity index (χ1n) is 8.44. The van der Waals surface area contributed by atoms with Gasteiger partial charge in [0.05, 0.1) is 18.6 Å². The van der Waals surface area contributed by atoms with Crippen molar-refractivity contribution >= 4 is 6.03 Å². The van der Waals surface area contributed by atoms with E-state index in [1.807, 2.05) is 46.9 Å². The molecule has 6 heteroatoms. The molecule has 0 aliphatic carbocycles. The van der Waals surface area contributed by atoms with Crippen LogP contribution >= 0.6 is 0 Å². The maximum Gasteiger partial charge on any atom is 0.317 e. The number of nitrogens with zero attached hydrogens (tertiary/aromatic N) is 3. The van der Waals surface area contributed by atoms with Crippen molar-refractivity contribution in [2.24, 2.45) is 5.92 Å². The summed E-state index contributed by atoms with van der Waals surface area (Å²) in [5.74, 6) is 0.453. The summed E-state index contributed by atoms with van der Waals surface area (Å²) in [5.41, 5.74) is 2.10. The number of imidazole rings is 1. The number of carbonyl (C=O) groups excluding carboxylic acids is 1. The second-order valence-electron chi connectivity index (χ2n) is 6.02. The average molecular weight is 328 g/mol. The summed E-state index contributed by atoms with van der Waals surface area (Å²) >= 11 is 0. The van der Waals surface area contributed by atoms with E-state index in [9.17, 15) is 4.79 Å². The highest BCUT2D eigenvalue weighted by Crippen LogP contribution is 2.17. The highest BCUT2D eigenvalue weighted by atomic mass is 16.5. The van der Waals surface area contributed by atoms with Crippen LogP contribution in [0.3, 0.4) is 0 Å². The second kappa shape index (κ2) is 7.97. The van der Waals surface area contributed by atoms with Crippen molar-refractivity contribution in [1.82, 2.24) is 19.8 Å². The molecule has 0 bridgehead atoms. The van der Waals surface area contributed by atoms with Gasteiger partial charge in [0.15, 0.2) is 0 Å². The molecule has 1 aliphatic rings. The van der Waals surface area contributed by atoms with Gasteiger partial charge in [-0.2, -0.15) is 0 Å².